The summed E-state index contributed by atoms with van der Waals surface area (Å²) in [5, 5.41) is 0. The fourth-order valence-electron chi connectivity index (χ4n) is 1.85. The average molecular weight is 264 g/mol. The molecule has 2 aromatic rings. The number of ketones is 1. The van der Waals surface area contributed by atoms with E-state index in [2.05, 4.69) is 0 Å². The third-order valence-corrected chi connectivity index (χ3v) is 2.80. The summed E-state index contributed by atoms with van der Waals surface area (Å²) in [5.74, 6) is -2.90. The van der Waals surface area contributed by atoms with E-state index >= 15 is 0 Å². The second-order valence-electron chi connectivity index (χ2n) is 4.43. The molecule has 0 unspecified atom stereocenters. The maximum absolute atomic E-state index is 13.6. The van der Waals surface area contributed by atoms with Crippen molar-refractivity contribution in [3.63, 3.8) is 0 Å². The van der Waals surface area contributed by atoms with E-state index in [1.807, 2.05) is 0 Å². The van der Waals surface area contributed by atoms with E-state index in [-0.39, 0.29) is 16.7 Å². The highest BCUT2D eigenvalue weighted by molar-refractivity contribution is 6.09. The zero-order valence-corrected chi connectivity index (χ0v) is 10.4. The molecule has 0 aliphatic carbocycles. The van der Waals surface area contributed by atoms with Crippen LogP contribution in [0.25, 0.3) is 0 Å². The van der Waals surface area contributed by atoms with Crippen LogP contribution in [0, 0.1) is 31.3 Å². The molecule has 0 bridgehead atoms. The summed E-state index contributed by atoms with van der Waals surface area (Å²) in [6, 6.07) is 5.56. The molecule has 19 heavy (non-hydrogen) atoms. The van der Waals surface area contributed by atoms with Crippen LogP contribution in [0.4, 0.5) is 13.2 Å². The standard InChI is InChI=1S/C15H11F3O/c1-8-3-10(6-11(16)4-8)15(19)12-5-9(2)13(17)7-14(12)18/h3-7H,1-2H3. The van der Waals surface area contributed by atoms with E-state index in [0.29, 0.717) is 11.6 Å². The minimum absolute atomic E-state index is 0.0439. The quantitative estimate of drug-likeness (QED) is 0.750. The van der Waals surface area contributed by atoms with Gasteiger partial charge in [-0.3, -0.25) is 4.79 Å². The molecule has 0 heterocycles. The Labute approximate surface area is 108 Å². The van der Waals surface area contributed by atoms with Gasteiger partial charge >= 0.3 is 0 Å². The molecule has 0 saturated heterocycles. The molecular formula is C15H11F3O. The third-order valence-electron chi connectivity index (χ3n) is 2.80. The van der Waals surface area contributed by atoms with Crippen LogP contribution in [0.1, 0.15) is 27.0 Å². The molecule has 0 aromatic heterocycles. The number of carbonyl (C=O) groups excluding carboxylic acids is 1. The second kappa shape index (κ2) is 4.88. The van der Waals surface area contributed by atoms with Crippen molar-refractivity contribution in [2.75, 3.05) is 0 Å². The van der Waals surface area contributed by atoms with E-state index in [4.69, 9.17) is 0 Å². The van der Waals surface area contributed by atoms with Gasteiger partial charge in [-0.2, -0.15) is 0 Å². The van der Waals surface area contributed by atoms with E-state index in [1.54, 1.807) is 6.92 Å². The fourth-order valence-corrected chi connectivity index (χ4v) is 1.85. The van der Waals surface area contributed by atoms with Gasteiger partial charge in [-0.15, -0.1) is 0 Å². The number of carbonyl (C=O) groups is 1. The van der Waals surface area contributed by atoms with Crippen LogP contribution >= 0.6 is 0 Å². The van der Waals surface area contributed by atoms with Gasteiger partial charge in [0.1, 0.15) is 17.5 Å². The number of aryl methyl sites for hydroxylation is 2. The Balaban J connectivity index is 2.53. The maximum atomic E-state index is 13.6. The Bertz CT molecular complexity index is 642. The second-order valence-corrected chi connectivity index (χ2v) is 4.43. The first-order chi connectivity index (χ1) is 8.88. The highest BCUT2D eigenvalue weighted by atomic mass is 19.1. The normalized spacial score (nSPS) is 10.6. The minimum Gasteiger partial charge on any atom is -0.288 e. The Morgan fingerprint density at radius 1 is 0.895 bits per heavy atom. The summed E-state index contributed by atoms with van der Waals surface area (Å²) in [5.41, 5.74) is 0.506. The molecule has 0 aliphatic heterocycles. The Hall–Kier alpha value is -2.10. The molecule has 0 fully saturated rings. The summed E-state index contributed by atoms with van der Waals surface area (Å²) in [6.07, 6.45) is 0. The van der Waals surface area contributed by atoms with Crippen molar-refractivity contribution < 1.29 is 18.0 Å². The highest BCUT2D eigenvalue weighted by Gasteiger charge is 2.17. The van der Waals surface area contributed by atoms with E-state index in [0.717, 1.165) is 12.1 Å². The molecule has 0 saturated carbocycles. The predicted molar refractivity (Wildman–Crippen MR) is 65.7 cm³/mol. The van der Waals surface area contributed by atoms with Gasteiger partial charge in [0.05, 0.1) is 5.56 Å². The number of rotatable bonds is 2. The Kier molecular flexibility index (Phi) is 3.42. The van der Waals surface area contributed by atoms with Crippen LogP contribution < -0.4 is 0 Å². The van der Waals surface area contributed by atoms with Gasteiger partial charge < -0.3 is 0 Å². The molecule has 1 nitrogen and oxygen atoms in total. The number of hydrogen-bond donors (Lipinski definition) is 0. The lowest BCUT2D eigenvalue weighted by Crippen LogP contribution is -2.06. The summed E-state index contributed by atoms with van der Waals surface area (Å²) in [4.78, 5) is 12.1. The minimum atomic E-state index is -0.949. The Morgan fingerprint density at radius 3 is 2.21 bits per heavy atom. The maximum Gasteiger partial charge on any atom is 0.196 e. The van der Waals surface area contributed by atoms with Crippen molar-refractivity contribution in [2.24, 2.45) is 0 Å². The van der Waals surface area contributed by atoms with Crippen LogP contribution in [0.2, 0.25) is 0 Å². The smallest absolute Gasteiger partial charge is 0.196 e. The first-order valence-corrected chi connectivity index (χ1v) is 5.66. The monoisotopic (exact) mass is 264 g/mol. The lowest BCUT2D eigenvalue weighted by Gasteiger charge is -2.06. The van der Waals surface area contributed by atoms with E-state index in [9.17, 15) is 18.0 Å². The molecule has 4 heteroatoms. The third kappa shape index (κ3) is 2.67. The average Bonchev–Trinajstić information content (AvgIpc) is 2.31. The lowest BCUT2D eigenvalue weighted by molar-refractivity contribution is 0.103. The van der Waals surface area contributed by atoms with Gasteiger partial charge in [0, 0.05) is 11.6 Å². The summed E-state index contributed by atoms with van der Waals surface area (Å²) < 4.78 is 40.0. The molecule has 0 radical (unpaired) electrons. The first kappa shape index (κ1) is 13.3. The van der Waals surface area contributed by atoms with E-state index < -0.39 is 23.2 Å². The molecule has 0 atom stereocenters. The number of hydrogen-bond acceptors (Lipinski definition) is 1. The molecule has 0 spiro atoms. The van der Waals surface area contributed by atoms with Crippen molar-refractivity contribution in [3.8, 4) is 0 Å². The summed E-state index contributed by atoms with van der Waals surface area (Å²) in [6.45, 7) is 3.06. The zero-order valence-electron chi connectivity index (χ0n) is 10.4. The summed E-state index contributed by atoms with van der Waals surface area (Å²) in [7, 11) is 0. The molecule has 0 N–H and O–H groups in total. The largest absolute Gasteiger partial charge is 0.288 e. The topological polar surface area (TPSA) is 17.1 Å². The molecule has 2 aromatic carbocycles. The van der Waals surface area contributed by atoms with Crippen LogP contribution in [0.5, 0.6) is 0 Å². The molecule has 98 valence electrons. The first-order valence-electron chi connectivity index (χ1n) is 5.66. The van der Waals surface area contributed by atoms with Gasteiger partial charge in [0.2, 0.25) is 0 Å². The van der Waals surface area contributed by atoms with Crippen LogP contribution in [-0.2, 0) is 0 Å². The van der Waals surface area contributed by atoms with E-state index in [1.165, 1.54) is 19.1 Å². The SMILES string of the molecule is Cc1cc(F)cc(C(=O)c2cc(C)c(F)cc2F)c1. The predicted octanol–water partition coefficient (Wildman–Crippen LogP) is 3.95. The van der Waals surface area contributed by atoms with Crippen LogP contribution in [-0.4, -0.2) is 5.78 Å². The van der Waals surface area contributed by atoms with Crippen molar-refractivity contribution in [2.45, 2.75) is 13.8 Å². The highest BCUT2D eigenvalue weighted by Crippen LogP contribution is 2.19. The van der Waals surface area contributed by atoms with Crippen LogP contribution in [0.15, 0.2) is 30.3 Å². The van der Waals surface area contributed by atoms with Crippen molar-refractivity contribution in [1.82, 2.24) is 0 Å². The van der Waals surface area contributed by atoms with Gasteiger partial charge in [0.15, 0.2) is 5.78 Å². The van der Waals surface area contributed by atoms with Gasteiger partial charge in [-0.1, -0.05) is 0 Å². The van der Waals surface area contributed by atoms with Crippen molar-refractivity contribution in [1.29, 1.82) is 0 Å². The lowest BCUT2D eigenvalue weighted by atomic mass is 9.99. The fraction of sp³-hybridized carbons (Fsp3) is 0.133. The van der Waals surface area contributed by atoms with Gasteiger partial charge in [-0.05, 0) is 49.2 Å². The van der Waals surface area contributed by atoms with Crippen molar-refractivity contribution >= 4 is 5.78 Å². The van der Waals surface area contributed by atoms with Gasteiger partial charge in [-0.25, -0.2) is 13.2 Å². The molecule has 0 aliphatic rings. The Morgan fingerprint density at radius 2 is 1.58 bits per heavy atom. The molecular weight excluding hydrogens is 253 g/mol. The van der Waals surface area contributed by atoms with Crippen LogP contribution in [0.3, 0.4) is 0 Å². The molecule has 0 amide bonds. The number of halogens is 3. The van der Waals surface area contributed by atoms with Crippen molar-refractivity contribution in [3.05, 3.63) is 70.0 Å². The molecule has 2 rings (SSSR count). The van der Waals surface area contributed by atoms with Gasteiger partial charge in [0.25, 0.3) is 0 Å². The zero-order chi connectivity index (χ0) is 14.2. The number of benzene rings is 2. The summed E-state index contributed by atoms with van der Waals surface area (Å²) >= 11 is 0.